The van der Waals surface area contributed by atoms with E-state index in [1.54, 1.807) is 24.3 Å². The van der Waals surface area contributed by atoms with E-state index in [4.69, 9.17) is 23.7 Å². The summed E-state index contributed by atoms with van der Waals surface area (Å²) >= 11 is 0. The van der Waals surface area contributed by atoms with Gasteiger partial charge in [0.15, 0.2) is 23.0 Å². The van der Waals surface area contributed by atoms with Crippen molar-refractivity contribution >= 4 is 11.7 Å². The van der Waals surface area contributed by atoms with Gasteiger partial charge in [-0.25, -0.2) is 4.39 Å². The molecule has 0 unspecified atom stereocenters. The highest BCUT2D eigenvalue weighted by atomic mass is 19.1. The van der Waals surface area contributed by atoms with Crippen molar-refractivity contribution in [2.45, 2.75) is 12.0 Å². The van der Waals surface area contributed by atoms with Crippen LogP contribution in [0.5, 0.6) is 28.7 Å². The number of fused-ring (bicyclic) bond motifs is 3. The lowest BCUT2D eigenvalue weighted by Crippen LogP contribution is -2.37. The van der Waals surface area contributed by atoms with Crippen LogP contribution in [0.2, 0.25) is 0 Å². The van der Waals surface area contributed by atoms with E-state index in [-0.39, 0.29) is 54.4 Å². The monoisotopic (exact) mass is 493 g/mol. The average molecular weight is 493 g/mol. The Labute approximate surface area is 206 Å². The molecule has 1 fully saturated rings. The van der Waals surface area contributed by atoms with Gasteiger partial charge in [-0.15, -0.1) is 0 Å². The van der Waals surface area contributed by atoms with Crippen LogP contribution in [0.15, 0.2) is 48.5 Å². The summed E-state index contributed by atoms with van der Waals surface area (Å²) in [6.45, 7) is 0.327. The number of nitrogens with one attached hydrogen (secondary N) is 1. The minimum absolute atomic E-state index is 0.106. The maximum Gasteiger partial charge on any atom is 0.310 e. The molecule has 1 saturated heterocycles. The molecule has 3 aromatic carbocycles. The maximum absolute atomic E-state index is 13.6. The molecule has 3 aliphatic rings. The molecule has 0 aromatic heterocycles. The van der Waals surface area contributed by atoms with Crippen LogP contribution in [0.25, 0.3) is 0 Å². The Morgan fingerprint density at radius 2 is 1.58 bits per heavy atom. The number of hydrogen-bond acceptors (Lipinski definition) is 8. The van der Waals surface area contributed by atoms with Crippen LogP contribution in [-0.2, 0) is 9.53 Å². The topological polar surface area (TPSA) is 95.5 Å². The smallest absolute Gasteiger partial charge is 0.310 e. The third-order valence-corrected chi connectivity index (χ3v) is 7.21. The van der Waals surface area contributed by atoms with Crippen LogP contribution in [0.3, 0.4) is 0 Å². The normalized spacial score (nSPS) is 23.5. The van der Waals surface area contributed by atoms with Crippen molar-refractivity contribution in [1.82, 2.24) is 0 Å². The number of phenolic OH excluding ortho intramolecular Hbond substituents is 1. The van der Waals surface area contributed by atoms with Gasteiger partial charge in [-0.2, -0.15) is 0 Å². The van der Waals surface area contributed by atoms with E-state index >= 15 is 0 Å². The second-order valence-electron chi connectivity index (χ2n) is 9.03. The highest BCUT2D eigenvalue weighted by molar-refractivity contribution is 5.79. The molecular formula is C27H24FNO7. The fourth-order valence-corrected chi connectivity index (χ4v) is 5.57. The molecule has 4 atom stereocenters. The van der Waals surface area contributed by atoms with Crippen LogP contribution in [0.1, 0.15) is 28.7 Å². The second-order valence-corrected chi connectivity index (χ2v) is 9.03. The lowest BCUT2D eigenvalue weighted by Gasteiger charge is -2.40. The Bertz CT molecular complexity index is 1320. The van der Waals surface area contributed by atoms with Crippen LogP contribution in [0.4, 0.5) is 10.1 Å². The molecule has 186 valence electrons. The molecule has 9 heteroatoms. The quantitative estimate of drug-likeness (QED) is 0.506. The molecule has 0 amide bonds. The third-order valence-electron chi connectivity index (χ3n) is 7.21. The zero-order chi connectivity index (χ0) is 25.0. The molecule has 0 bridgehead atoms. The van der Waals surface area contributed by atoms with Crippen LogP contribution in [0, 0.1) is 17.7 Å². The van der Waals surface area contributed by atoms with E-state index in [9.17, 15) is 14.3 Å². The van der Waals surface area contributed by atoms with E-state index < -0.39 is 11.8 Å². The molecular weight excluding hydrogens is 469 g/mol. The number of methoxy groups -OCH3 is 2. The van der Waals surface area contributed by atoms with Crippen molar-refractivity contribution in [2.24, 2.45) is 11.8 Å². The van der Waals surface area contributed by atoms with E-state index in [2.05, 4.69) is 5.32 Å². The molecule has 1 aliphatic carbocycles. The van der Waals surface area contributed by atoms with E-state index in [0.29, 0.717) is 11.5 Å². The summed E-state index contributed by atoms with van der Waals surface area (Å²) in [6.07, 6.45) is 0. The van der Waals surface area contributed by atoms with Crippen molar-refractivity contribution in [3.8, 4) is 28.7 Å². The fraction of sp³-hybridized carbons (Fsp3) is 0.296. The number of carbonyl (C=O) groups is 1. The van der Waals surface area contributed by atoms with Crippen molar-refractivity contribution in [2.75, 3.05) is 32.9 Å². The number of esters is 1. The molecule has 0 radical (unpaired) electrons. The molecule has 36 heavy (non-hydrogen) atoms. The van der Waals surface area contributed by atoms with Crippen LogP contribution < -0.4 is 24.3 Å². The van der Waals surface area contributed by atoms with Crippen molar-refractivity contribution in [3.05, 3.63) is 71.0 Å². The Morgan fingerprint density at radius 1 is 0.944 bits per heavy atom. The summed E-state index contributed by atoms with van der Waals surface area (Å²) in [5.74, 6) is -0.283. The average Bonchev–Trinajstić information content (AvgIpc) is 3.51. The SMILES string of the molecule is COc1cc([C@H]2c3cc4c(cc3[C@H](Nc3ccc(F)cc3)[C@H]3COC(=O)[C@H]23)OCO4)cc(OC)c1O. The molecule has 2 aliphatic heterocycles. The van der Waals surface area contributed by atoms with Gasteiger partial charge in [0.05, 0.1) is 32.8 Å². The van der Waals surface area contributed by atoms with Gasteiger partial charge in [0, 0.05) is 17.5 Å². The number of anilines is 1. The minimum atomic E-state index is -0.533. The summed E-state index contributed by atoms with van der Waals surface area (Å²) < 4.78 is 41.3. The van der Waals surface area contributed by atoms with Crippen LogP contribution >= 0.6 is 0 Å². The number of aromatic hydroxyl groups is 1. The second kappa shape index (κ2) is 8.51. The zero-order valence-electron chi connectivity index (χ0n) is 19.6. The number of hydrogen-bond donors (Lipinski definition) is 2. The summed E-state index contributed by atoms with van der Waals surface area (Å²) in [7, 11) is 2.92. The molecule has 2 heterocycles. The van der Waals surface area contributed by atoms with Gasteiger partial charge in [0.25, 0.3) is 0 Å². The zero-order valence-corrected chi connectivity index (χ0v) is 19.6. The maximum atomic E-state index is 13.6. The first kappa shape index (κ1) is 22.3. The number of ether oxygens (including phenoxy) is 5. The number of cyclic esters (lactones) is 1. The highest BCUT2D eigenvalue weighted by Crippen LogP contribution is 2.56. The molecule has 0 saturated carbocycles. The van der Waals surface area contributed by atoms with Crippen molar-refractivity contribution in [1.29, 1.82) is 0 Å². The Hall–Kier alpha value is -4.14. The number of phenols is 1. The lowest BCUT2D eigenvalue weighted by atomic mass is 9.65. The Kier molecular flexibility index (Phi) is 5.28. The summed E-state index contributed by atoms with van der Waals surface area (Å²) in [5.41, 5.74) is 3.22. The fourth-order valence-electron chi connectivity index (χ4n) is 5.57. The van der Waals surface area contributed by atoms with Crippen molar-refractivity contribution < 1.29 is 38.0 Å². The summed E-state index contributed by atoms with van der Waals surface area (Å²) in [6, 6.07) is 13.0. The summed E-state index contributed by atoms with van der Waals surface area (Å²) in [5, 5.41) is 14.0. The Balaban J connectivity index is 1.55. The number of rotatable bonds is 5. The molecule has 6 rings (SSSR count). The van der Waals surface area contributed by atoms with Crippen molar-refractivity contribution in [3.63, 3.8) is 0 Å². The lowest BCUT2D eigenvalue weighted by molar-refractivity contribution is -0.141. The first-order valence-corrected chi connectivity index (χ1v) is 11.6. The summed E-state index contributed by atoms with van der Waals surface area (Å²) in [4.78, 5) is 13.2. The molecule has 2 N–H and O–H groups in total. The predicted octanol–water partition coefficient (Wildman–Crippen LogP) is 4.37. The Morgan fingerprint density at radius 3 is 2.22 bits per heavy atom. The van der Waals surface area contributed by atoms with E-state index in [1.807, 2.05) is 12.1 Å². The number of halogens is 1. The van der Waals surface area contributed by atoms with E-state index in [0.717, 1.165) is 22.4 Å². The number of carbonyl (C=O) groups excluding carboxylic acids is 1. The highest BCUT2D eigenvalue weighted by Gasteiger charge is 2.52. The standard InChI is InChI=1S/C27H24FNO7/c1-32-21-7-13(8-22(33-2)26(21)30)23-16-9-19-20(36-12-35-19)10-17(16)25(18-11-34-27(31)24(18)23)29-15-5-3-14(28)4-6-15/h3-10,18,23-25,29-30H,11-12H2,1-2H3/t18-,23-,24-,25-/m0/s1. The first-order chi connectivity index (χ1) is 17.5. The molecule has 8 nitrogen and oxygen atoms in total. The largest absolute Gasteiger partial charge is 0.502 e. The first-order valence-electron chi connectivity index (χ1n) is 11.6. The third kappa shape index (κ3) is 3.45. The number of benzene rings is 3. The molecule has 0 spiro atoms. The van der Waals surface area contributed by atoms with Gasteiger partial charge >= 0.3 is 5.97 Å². The van der Waals surface area contributed by atoms with Gasteiger partial charge in [-0.1, -0.05) is 0 Å². The van der Waals surface area contributed by atoms with Crippen LogP contribution in [-0.4, -0.2) is 38.7 Å². The minimum Gasteiger partial charge on any atom is -0.502 e. The van der Waals surface area contributed by atoms with E-state index in [1.165, 1.54) is 26.4 Å². The molecule has 3 aromatic rings. The van der Waals surface area contributed by atoms with Gasteiger partial charge in [0.1, 0.15) is 5.82 Å². The van der Waals surface area contributed by atoms with Gasteiger partial charge in [-0.3, -0.25) is 4.79 Å². The van der Waals surface area contributed by atoms with Gasteiger partial charge in [-0.05, 0) is 65.2 Å². The van der Waals surface area contributed by atoms with Gasteiger partial charge < -0.3 is 34.1 Å². The predicted molar refractivity (Wildman–Crippen MR) is 126 cm³/mol. The van der Waals surface area contributed by atoms with Gasteiger partial charge in [0.2, 0.25) is 12.5 Å².